The zero-order valence-electron chi connectivity index (χ0n) is 20.4. The number of hydrogen-bond donors (Lipinski definition) is 1. The Morgan fingerprint density at radius 1 is 1.17 bits per heavy atom. The van der Waals surface area contributed by atoms with Crippen LogP contribution in [0.4, 0.5) is 0 Å². The van der Waals surface area contributed by atoms with Gasteiger partial charge in [0, 0.05) is 30.2 Å². The molecule has 0 spiro atoms. The maximum atomic E-state index is 14.0. The lowest BCUT2D eigenvalue weighted by Gasteiger charge is -2.44. The van der Waals surface area contributed by atoms with E-state index >= 15 is 0 Å². The lowest BCUT2D eigenvalue weighted by atomic mass is 9.93. The van der Waals surface area contributed by atoms with Gasteiger partial charge >= 0.3 is 0 Å². The lowest BCUT2D eigenvalue weighted by Crippen LogP contribution is -2.64. The number of carbonyl (C=O) groups is 2. The van der Waals surface area contributed by atoms with Gasteiger partial charge in [0.05, 0.1) is 38.9 Å². The number of benzene rings is 2. The Kier molecular flexibility index (Phi) is 6.15. The van der Waals surface area contributed by atoms with Gasteiger partial charge in [0.25, 0.3) is 5.91 Å². The zero-order chi connectivity index (χ0) is 24.6. The number of amides is 2. The summed E-state index contributed by atoms with van der Waals surface area (Å²) in [6, 6.07) is 15.2. The molecule has 8 heteroatoms. The molecule has 0 aliphatic carbocycles. The molecule has 2 aliphatic heterocycles. The van der Waals surface area contributed by atoms with Crippen LogP contribution in [0.15, 0.2) is 48.5 Å². The summed E-state index contributed by atoms with van der Waals surface area (Å²) < 4.78 is 18.6. The summed E-state index contributed by atoms with van der Waals surface area (Å²) in [4.78, 5) is 29.4. The SMILES string of the molecule is COc1ccc2cc3n(c2c1)C[C@](C)(C(=O)NC[C@H]1CCCO1)N(Cc1ccccc1OC)C3=O. The second-order valence-electron chi connectivity index (χ2n) is 9.36. The van der Waals surface area contributed by atoms with E-state index in [4.69, 9.17) is 14.2 Å². The molecular weight excluding hydrogens is 446 g/mol. The third kappa shape index (κ3) is 4.12. The Balaban J connectivity index is 1.55. The fraction of sp³-hybridized carbons (Fsp3) is 0.407. The van der Waals surface area contributed by atoms with Crippen molar-refractivity contribution in [3.8, 4) is 11.5 Å². The van der Waals surface area contributed by atoms with Crippen molar-refractivity contribution in [3.63, 3.8) is 0 Å². The minimum absolute atomic E-state index is 0.0109. The van der Waals surface area contributed by atoms with Gasteiger partial charge in [-0.05, 0) is 44.0 Å². The van der Waals surface area contributed by atoms with Crippen LogP contribution >= 0.6 is 0 Å². The summed E-state index contributed by atoms with van der Waals surface area (Å²) in [6.45, 7) is 3.55. The smallest absolute Gasteiger partial charge is 0.271 e. The van der Waals surface area contributed by atoms with Crippen molar-refractivity contribution < 1.29 is 23.8 Å². The van der Waals surface area contributed by atoms with Crippen molar-refractivity contribution in [2.45, 2.75) is 44.5 Å². The van der Waals surface area contributed by atoms with Gasteiger partial charge in [-0.2, -0.15) is 0 Å². The number of rotatable bonds is 7. The topological polar surface area (TPSA) is 82.0 Å². The molecule has 1 aromatic heterocycles. The Labute approximate surface area is 204 Å². The number of para-hydroxylation sites is 1. The summed E-state index contributed by atoms with van der Waals surface area (Å²) >= 11 is 0. The first-order chi connectivity index (χ1) is 16.9. The Bertz CT molecular complexity index is 1260. The number of carbonyl (C=O) groups excluding carboxylic acids is 2. The van der Waals surface area contributed by atoms with Gasteiger partial charge in [0.15, 0.2) is 0 Å². The van der Waals surface area contributed by atoms with Gasteiger partial charge in [-0.15, -0.1) is 0 Å². The standard InChI is InChI=1S/C27H31N3O5/c1-27(26(32)28-15-21-8-6-12-35-21)17-29-22-14-20(33-2)11-10-18(22)13-23(29)25(31)30(27)16-19-7-4-5-9-24(19)34-3/h4-5,7,9-11,13-14,21H,6,8,12,15-17H2,1-3H3,(H,28,32)/t21-,27-/m1/s1. The maximum absolute atomic E-state index is 14.0. The number of hydrogen-bond acceptors (Lipinski definition) is 5. The summed E-state index contributed by atoms with van der Waals surface area (Å²) in [5, 5.41) is 3.99. The third-order valence-corrected chi connectivity index (χ3v) is 7.16. The summed E-state index contributed by atoms with van der Waals surface area (Å²) in [5.41, 5.74) is 1.13. The summed E-state index contributed by atoms with van der Waals surface area (Å²) in [7, 11) is 3.22. The van der Waals surface area contributed by atoms with E-state index < -0.39 is 5.54 Å². The lowest BCUT2D eigenvalue weighted by molar-refractivity contribution is -0.133. The fourth-order valence-corrected chi connectivity index (χ4v) is 5.11. The molecule has 0 saturated carbocycles. The van der Waals surface area contributed by atoms with Crippen molar-refractivity contribution in [3.05, 3.63) is 59.8 Å². The molecule has 3 heterocycles. The highest BCUT2D eigenvalue weighted by Gasteiger charge is 2.48. The highest BCUT2D eigenvalue weighted by atomic mass is 16.5. The quantitative estimate of drug-likeness (QED) is 0.564. The molecule has 35 heavy (non-hydrogen) atoms. The van der Waals surface area contributed by atoms with E-state index in [9.17, 15) is 9.59 Å². The van der Waals surface area contributed by atoms with E-state index in [1.165, 1.54) is 0 Å². The van der Waals surface area contributed by atoms with Crippen LogP contribution in [0.1, 0.15) is 35.8 Å². The summed E-state index contributed by atoms with van der Waals surface area (Å²) in [5.74, 6) is 0.976. The average molecular weight is 478 g/mol. The first kappa shape index (κ1) is 23.2. The largest absolute Gasteiger partial charge is 0.497 e. The minimum atomic E-state index is -1.13. The molecule has 0 unspecified atom stereocenters. The van der Waals surface area contributed by atoms with Crippen LogP contribution in [0.2, 0.25) is 0 Å². The average Bonchev–Trinajstić information content (AvgIpc) is 3.53. The van der Waals surface area contributed by atoms with Crippen molar-refractivity contribution in [2.75, 3.05) is 27.4 Å². The molecule has 1 saturated heterocycles. The van der Waals surface area contributed by atoms with Crippen LogP contribution < -0.4 is 14.8 Å². The molecule has 2 amide bonds. The van der Waals surface area contributed by atoms with E-state index in [1.807, 2.05) is 60.0 Å². The first-order valence-corrected chi connectivity index (χ1v) is 12.0. The molecule has 2 atom stereocenters. The number of fused-ring (bicyclic) bond motifs is 3. The predicted molar refractivity (Wildman–Crippen MR) is 132 cm³/mol. The van der Waals surface area contributed by atoms with Crippen LogP contribution in [0, 0.1) is 0 Å². The molecule has 1 fully saturated rings. The molecule has 8 nitrogen and oxygen atoms in total. The molecule has 1 N–H and O–H groups in total. The number of methoxy groups -OCH3 is 2. The van der Waals surface area contributed by atoms with Crippen molar-refractivity contribution in [1.29, 1.82) is 0 Å². The molecule has 2 aliphatic rings. The number of nitrogens with zero attached hydrogens (tertiary/aromatic N) is 2. The third-order valence-electron chi connectivity index (χ3n) is 7.16. The Hall–Kier alpha value is -3.52. The van der Waals surface area contributed by atoms with Crippen LogP contribution in [0.3, 0.4) is 0 Å². The Morgan fingerprint density at radius 2 is 2.00 bits per heavy atom. The second-order valence-corrected chi connectivity index (χ2v) is 9.36. The number of nitrogens with one attached hydrogen (secondary N) is 1. The van der Waals surface area contributed by atoms with Gasteiger partial charge in [0.1, 0.15) is 22.7 Å². The van der Waals surface area contributed by atoms with Crippen molar-refractivity contribution in [2.24, 2.45) is 0 Å². The van der Waals surface area contributed by atoms with Crippen LogP contribution in [-0.2, 0) is 22.6 Å². The van der Waals surface area contributed by atoms with Gasteiger partial charge in [-0.3, -0.25) is 9.59 Å². The molecule has 2 aromatic carbocycles. The Morgan fingerprint density at radius 3 is 2.74 bits per heavy atom. The highest BCUT2D eigenvalue weighted by Crippen LogP contribution is 2.35. The van der Waals surface area contributed by atoms with Gasteiger partial charge in [-0.1, -0.05) is 18.2 Å². The predicted octanol–water partition coefficient (Wildman–Crippen LogP) is 3.37. The van der Waals surface area contributed by atoms with E-state index in [2.05, 4.69) is 5.32 Å². The summed E-state index contributed by atoms with van der Waals surface area (Å²) in [6.07, 6.45) is 1.93. The van der Waals surface area contributed by atoms with E-state index in [0.717, 1.165) is 35.9 Å². The van der Waals surface area contributed by atoms with Crippen molar-refractivity contribution in [1.82, 2.24) is 14.8 Å². The minimum Gasteiger partial charge on any atom is -0.497 e. The number of aromatic nitrogens is 1. The molecule has 3 aromatic rings. The van der Waals surface area contributed by atoms with Crippen LogP contribution in [-0.4, -0.2) is 60.3 Å². The maximum Gasteiger partial charge on any atom is 0.271 e. The molecule has 0 radical (unpaired) electrons. The first-order valence-electron chi connectivity index (χ1n) is 12.0. The molecule has 184 valence electrons. The second kappa shape index (κ2) is 9.26. The molecule has 5 rings (SSSR count). The highest BCUT2D eigenvalue weighted by molar-refractivity contribution is 6.03. The van der Waals surface area contributed by atoms with Gasteiger partial charge < -0.3 is 29.0 Å². The van der Waals surface area contributed by atoms with E-state index in [-0.39, 0.29) is 24.5 Å². The van der Waals surface area contributed by atoms with Gasteiger partial charge in [0.2, 0.25) is 5.91 Å². The fourth-order valence-electron chi connectivity index (χ4n) is 5.11. The van der Waals surface area contributed by atoms with E-state index in [1.54, 1.807) is 19.1 Å². The number of ether oxygens (including phenoxy) is 3. The van der Waals surface area contributed by atoms with Crippen LogP contribution in [0.25, 0.3) is 10.9 Å². The molecule has 0 bridgehead atoms. The van der Waals surface area contributed by atoms with Crippen molar-refractivity contribution >= 4 is 22.7 Å². The molecular formula is C27H31N3O5. The van der Waals surface area contributed by atoms with Crippen LogP contribution in [0.5, 0.6) is 11.5 Å². The van der Waals surface area contributed by atoms with Gasteiger partial charge in [-0.25, -0.2) is 0 Å². The zero-order valence-corrected chi connectivity index (χ0v) is 20.4. The normalized spacial score (nSPS) is 21.7. The van der Waals surface area contributed by atoms with E-state index in [0.29, 0.717) is 30.3 Å². The monoisotopic (exact) mass is 477 g/mol.